The van der Waals surface area contributed by atoms with E-state index in [2.05, 4.69) is 11.8 Å². The van der Waals surface area contributed by atoms with Crippen LogP contribution in [-0.4, -0.2) is 22.7 Å². The molecule has 0 spiro atoms. The molecule has 0 aromatic carbocycles. The van der Waals surface area contributed by atoms with Crippen molar-refractivity contribution in [1.29, 1.82) is 0 Å². The van der Waals surface area contributed by atoms with Gasteiger partial charge in [-0.15, -0.1) is 0 Å². The largest absolute Gasteiger partial charge is 0.370 e. The molecule has 0 N–H and O–H groups in total. The smallest absolute Gasteiger partial charge is 0.0844 e. The van der Waals surface area contributed by atoms with Crippen LogP contribution in [0.4, 0.5) is 0 Å². The van der Waals surface area contributed by atoms with Gasteiger partial charge in [-0.1, -0.05) is 12.8 Å². The zero-order valence-corrected chi connectivity index (χ0v) is 10.8. The van der Waals surface area contributed by atoms with Crippen LogP contribution >= 0.6 is 11.8 Å². The van der Waals surface area contributed by atoms with Gasteiger partial charge >= 0.3 is 0 Å². The zero-order chi connectivity index (χ0) is 10.5. The summed E-state index contributed by atoms with van der Waals surface area (Å²) in [7, 11) is 0. The highest BCUT2D eigenvalue weighted by molar-refractivity contribution is 8.07. The van der Waals surface area contributed by atoms with E-state index in [1.807, 2.05) is 0 Å². The van der Waals surface area contributed by atoms with Crippen molar-refractivity contribution in [1.82, 2.24) is 0 Å². The first-order valence-electron chi connectivity index (χ1n) is 7.19. The Balaban J connectivity index is 1.22. The monoisotopic (exact) mass is 238 g/mol. The van der Waals surface area contributed by atoms with Gasteiger partial charge in [-0.05, 0) is 50.4 Å². The molecule has 0 aromatic heterocycles. The topological polar surface area (TPSA) is 12.5 Å². The predicted octanol–water partition coefficient (Wildman–Crippen LogP) is 3.62. The molecule has 4 rings (SSSR count). The lowest BCUT2D eigenvalue weighted by atomic mass is 9.80. The average Bonchev–Trinajstić information content (AvgIpc) is 3.19. The van der Waals surface area contributed by atoms with E-state index in [0.717, 1.165) is 22.3 Å². The Morgan fingerprint density at radius 3 is 2.44 bits per heavy atom. The lowest BCUT2D eigenvalue weighted by Gasteiger charge is -2.24. The Labute approximate surface area is 103 Å². The van der Waals surface area contributed by atoms with Crippen molar-refractivity contribution >= 4 is 11.8 Å². The highest BCUT2D eigenvalue weighted by Gasteiger charge is 2.45. The SMILES string of the molecule is C(CC1CCC2SC2C1)C1CCC2OC2C1. The maximum Gasteiger partial charge on any atom is 0.0844 e. The molecule has 0 aromatic rings. The third-order valence-corrected chi connectivity index (χ3v) is 6.68. The maximum absolute atomic E-state index is 5.62. The number of epoxide rings is 1. The highest BCUT2D eigenvalue weighted by atomic mass is 32.2. The first kappa shape index (κ1) is 10.3. The van der Waals surface area contributed by atoms with Gasteiger partial charge in [0.05, 0.1) is 12.2 Å². The number of fused-ring (bicyclic) bond motifs is 2. The number of hydrogen-bond donors (Lipinski definition) is 0. The molecule has 0 bridgehead atoms. The molecule has 2 aliphatic carbocycles. The highest BCUT2D eigenvalue weighted by Crippen LogP contribution is 2.53. The van der Waals surface area contributed by atoms with Gasteiger partial charge in [-0.2, -0.15) is 11.8 Å². The van der Waals surface area contributed by atoms with Gasteiger partial charge in [-0.25, -0.2) is 0 Å². The summed E-state index contributed by atoms with van der Waals surface area (Å²) >= 11 is 2.25. The van der Waals surface area contributed by atoms with Gasteiger partial charge in [0.2, 0.25) is 0 Å². The van der Waals surface area contributed by atoms with Crippen molar-refractivity contribution in [2.75, 3.05) is 0 Å². The fourth-order valence-electron chi connectivity index (χ4n) is 3.97. The van der Waals surface area contributed by atoms with E-state index in [0.29, 0.717) is 12.2 Å². The van der Waals surface area contributed by atoms with E-state index < -0.39 is 0 Å². The summed E-state index contributed by atoms with van der Waals surface area (Å²) in [5, 5.41) is 2.17. The van der Waals surface area contributed by atoms with Crippen LogP contribution in [0.25, 0.3) is 0 Å². The summed E-state index contributed by atoms with van der Waals surface area (Å²) in [6, 6.07) is 0. The van der Waals surface area contributed by atoms with E-state index in [9.17, 15) is 0 Å². The molecule has 90 valence electrons. The summed E-state index contributed by atoms with van der Waals surface area (Å²) in [6.07, 6.45) is 13.2. The first-order valence-corrected chi connectivity index (χ1v) is 8.13. The molecule has 4 fully saturated rings. The van der Waals surface area contributed by atoms with Gasteiger partial charge in [-0.3, -0.25) is 0 Å². The number of rotatable bonds is 3. The lowest BCUT2D eigenvalue weighted by molar-refractivity contribution is 0.295. The molecule has 2 saturated carbocycles. The number of thioether (sulfide) groups is 1. The molecule has 2 aliphatic heterocycles. The van der Waals surface area contributed by atoms with E-state index in [4.69, 9.17) is 4.74 Å². The van der Waals surface area contributed by atoms with Gasteiger partial charge in [0, 0.05) is 10.5 Å². The van der Waals surface area contributed by atoms with Crippen molar-refractivity contribution in [3.05, 3.63) is 0 Å². The summed E-state index contributed by atoms with van der Waals surface area (Å²) in [5.74, 6) is 2.09. The van der Waals surface area contributed by atoms with Crippen LogP contribution in [0.1, 0.15) is 51.4 Å². The minimum absolute atomic E-state index is 0.688. The molecule has 2 saturated heterocycles. The molecule has 0 radical (unpaired) electrons. The molecule has 1 nitrogen and oxygen atoms in total. The Morgan fingerprint density at radius 1 is 0.812 bits per heavy atom. The van der Waals surface area contributed by atoms with Crippen molar-refractivity contribution in [3.8, 4) is 0 Å². The third kappa shape index (κ3) is 2.03. The van der Waals surface area contributed by atoms with Crippen molar-refractivity contribution in [2.45, 2.75) is 74.1 Å². The first-order chi connectivity index (χ1) is 7.88. The number of ether oxygens (including phenoxy) is 1. The molecular weight excluding hydrogens is 216 g/mol. The number of hydrogen-bond acceptors (Lipinski definition) is 2. The van der Waals surface area contributed by atoms with E-state index >= 15 is 0 Å². The second kappa shape index (κ2) is 3.91. The molecule has 0 amide bonds. The second-order valence-corrected chi connectivity index (χ2v) is 7.84. The maximum atomic E-state index is 5.62. The Hall–Kier alpha value is 0.310. The summed E-state index contributed by atoms with van der Waals surface area (Å²) in [6.45, 7) is 0. The van der Waals surface area contributed by atoms with Gasteiger partial charge in [0.25, 0.3) is 0 Å². The predicted molar refractivity (Wildman–Crippen MR) is 67.7 cm³/mol. The molecule has 6 unspecified atom stereocenters. The minimum atomic E-state index is 0.688. The Bertz CT molecular complexity index is 252. The zero-order valence-electron chi connectivity index (χ0n) is 9.94. The van der Waals surface area contributed by atoms with Gasteiger partial charge in [0.1, 0.15) is 0 Å². The molecule has 16 heavy (non-hydrogen) atoms. The normalized spacial score (nSPS) is 54.0. The molecule has 6 atom stereocenters. The van der Waals surface area contributed by atoms with E-state index in [-0.39, 0.29) is 0 Å². The van der Waals surface area contributed by atoms with Crippen LogP contribution in [0.2, 0.25) is 0 Å². The second-order valence-electron chi connectivity index (χ2n) is 6.36. The van der Waals surface area contributed by atoms with Crippen molar-refractivity contribution in [3.63, 3.8) is 0 Å². The molecule has 4 aliphatic rings. The lowest BCUT2D eigenvalue weighted by Crippen LogP contribution is -2.17. The standard InChI is InChI=1S/C14H22OS/c1(9-3-5-11-12(7-9)15-11)2-10-4-6-13-14(8-10)16-13/h9-14H,1-8H2. The molecular formula is C14H22OS. The minimum Gasteiger partial charge on any atom is -0.370 e. The van der Waals surface area contributed by atoms with Crippen LogP contribution in [-0.2, 0) is 4.74 Å². The van der Waals surface area contributed by atoms with Crippen LogP contribution in [0.5, 0.6) is 0 Å². The quantitative estimate of drug-likeness (QED) is 0.696. The average molecular weight is 238 g/mol. The van der Waals surface area contributed by atoms with Crippen LogP contribution in [0, 0.1) is 11.8 Å². The van der Waals surface area contributed by atoms with Crippen LogP contribution in [0.3, 0.4) is 0 Å². The van der Waals surface area contributed by atoms with Crippen molar-refractivity contribution in [2.24, 2.45) is 11.8 Å². The Morgan fingerprint density at radius 2 is 1.62 bits per heavy atom. The third-order valence-electron chi connectivity index (χ3n) is 5.21. The van der Waals surface area contributed by atoms with Crippen LogP contribution in [0.15, 0.2) is 0 Å². The fraction of sp³-hybridized carbons (Fsp3) is 1.00. The summed E-state index contributed by atoms with van der Waals surface area (Å²) < 4.78 is 5.62. The fourth-order valence-corrected chi connectivity index (χ4v) is 5.23. The van der Waals surface area contributed by atoms with E-state index in [1.165, 1.54) is 44.9 Å². The van der Waals surface area contributed by atoms with Crippen molar-refractivity contribution < 1.29 is 4.74 Å². The van der Waals surface area contributed by atoms with Crippen LogP contribution < -0.4 is 0 Å². The van der Waals surface area contributed by atoms with Gasteiger partial charge in [0.15, 0.2) is 0 Å². The van der Waals surface area contributed by atoms with Gasteiger partial charge < -0.3 is 4.74 Å². The Kier molecular flexibility index (Phi) is 2.51. The molecule has 2 heteroatoms. The summed E-state index contributed by atoms with van der Waals surface area (Å²) in [5.41, 5.74) is 0. The summed E-state index contributed by atoms with van der Waals surface area (Å²) in [4.78, 5) is 0. The van der Waals surface area contributed by atoms with E-state index in [1.54, 1.807) is 6.42 Å². The molecule has 2 heterocycles.